The lowest BCUT2D eigenvalue weighted by Gasteiger charge is -2.13. The number of halogens is 2. The number of amides is 2. The number of hydrogen-bond acceptors (Lipinski definition) is 3. The highest BCUT2D eigenvalue weighted by Crippen LogP contribution is 2.32. The second-order valence-corrected chi connectivity index (χ2v) is 7.65. The number of ether oxygens (including phenoxy) is 1. The molecular weight excluding hydrogens is 429 g/mol. The third-order valence-electron chi connectivity index (χ3n) is 4.92. The van der Waals surface area contributed by atoms with Gasteiger partial charge in [0, 0.05) is 33.4 Å². The van der Waals surface area contributed by atoms with Crippen LogP contribution < -0.4 is 15.4 Å². The van der Waals surface area contributed by atoms with Gasteiger partial charge in [-0.1, -0.05) is 17.7 Å². The highest BCUT2D eigenvalue weighted by molar-refractivity contribution is 6.31. The Kier molecular flexibility index (Phi) is 6.23. The van der Waals surface area contributed by atoms with Crippen LogP contribution >= 0.6 is 11.6 Å². The number of carbonyl (C=O) groups excluding carboxylic acids is 1. The molecule has 0 radical (unpaired) electrons. The maximum atomic E-state index is 13.3. The first-order valence-electron chi connectivity index (χ1n) is 10.1. The van der Waals surface area contributed by atoms with Crippen LogP contribution in [0.3, 0.4) is 0 Å². The Morgan fingerprint density at radius 1 is 1.03 bits per heavy atom. The summed E-state index contributed by atoms with van der Waals surface area (Å²) in [6.45, 7) is 4.25. The van der Waals surface area contributed by atoms with Crippen molar-refractivity contribution in [3.63, 3.8) is 0 Å². The molecule has 0 bridgehead atoms. The van der Waals surface area contributed by atoms with Crippen LogP contribution in [0.1, 0.15) is 12.5 Å². The number of nitrogens with one attached hydrogen (secondary N) is 2. The zero-order valence-electron chi connectivity index (χ0n) is 17.6. The lowest BCUT2D eigenvalue weighted by molar-refractivity contribution is 0.262. The Labute approximate surface area is 190 Å². The summed E-state index contributed by atoms with van der Waals surface area (Å²) in [7, 11) is 0. The summed E-state index contributed by atoms with van der Waals surface area (Å²) < 4.78 is 19.1. The van der Waals surface area contributed by atoms with E-state index in [1.807, 2.05) is 38.1 Å². The van der Waals surface area contributed by atoms with Crippen molar-refractivity contribution in [2.24, 2.45) is 0 Å². The van der Waals surface area contributed by atoms with Crippen LogP contribution in [-0.2, 0) is 0 Å². The van der Waals surface area contributed by atoms with Gasteiger partial charge in [0.15, 0.2) is 0 Å². The van der Waals surface area contributed by atoms with Crippen molar-refractivity contribution in [1.29, 1.82) is 0 Å². The predicted octanol–water partition coefficient (Wildman–Crippen LogP) is 7.05. The summed E-state index contributed by atoms with van der Waals surface area (Å²) in [6.07, 6.45) is 0. The number of benzene rings is 3. The standard InChI is InChI=1S/C25H21ClFN3O2/c1-3-32-24-14-23(16-5-8-18(27)9-6-16)29-21-11-10-19(13-20(21)24)28-25(31)30-22-12-17(26)7-4-15(22)2/h4-14H,3H2,1-2H3,(H2,28,30,31). The SMILES string of the molecule is CCOc1cc(-c2ccc(F)cc2)nc2ccc(NC(=O)Nc3cc(Cl)ccc3C)cc12. The van der Waals surface area contributed by atoms with Crippen molar-refractivity contribution in [1.82, 2.24) is 4.98 Å². The van der Waals surface area contributed by atoms with Gasteiger partial charge in [0.05, 0.1) is 17.8 Å². The molecular formula is C25H21ClFN3O2. The van der Waals surface area contributed by atoms with Crippen LogP contribution in [0.25, 0.3) is 22.2 Å². The third kappa shape index (κ3) is 4.81. The van der Waals surface area contributed by atoms with Gasteiger partial charge in [0.2, 0.25) is 0 Å². The molecule has 0 fully saturated rings. The number of fused-ring (bicyclic) bond motifs is 1. The average Bonchev–Trinajstić information content (AvgIpc) is 2.77. The molecule has 0 aliphatic carbocycles. The first kappa shape index (κ1) is 21.6. The number of hydrogen-bond donors (Lipinski definition) is 2. The lowest BCUT2D eigenvalue weighted by atomic mass is 10.1. The number of carbonyl (C=O) groups is 1. The molecule has 0 saturated heterocycles. The number of aromatic nitrogens is 1. The molecule has 1 aromatic heterocycles. The van der Waals surface area contributed by atoms with Crippen molar-refractivity contribution in [3.05, 3.63) is 83.1 Å². The Morgan fingerprint density at radius 3 is 2.56 bits per heavy atom. The van der Waals surface area contributed by atoms with E-state index in [4.69, 9.17) is 16.3 Å². The highest BCUT2D eigenvalue weighted by Gasteiger charge is 2.12. The lowest BCUT2D eigenvalue weighted by Crippen LogP contribution is -2.20. The molecule has 0 unspecified atom stereocenters. The molecule has 0 saturated carbocycles. The van der Waals surface area contributed by atoms with E-state index in [0.717, 1.165) is 16.5 Å². The molecule has 162 valence electrons. The van der Waals surface area contributed by atoms with Gasteiger partial charge < -0.3 is 15.4 Å². The van der Waals surface area contributed by atoms with Gasteiger partial charge in [-0.3, -0.25) is 0 Å². The summed E-state index contributed by atoms with van der Waals surface area (Å²) in [6, 6.07) is 18.3. The van der Waals surface area contributed by atoms with E-state index in [1.54, 1.807) is 30.3 Å². The molecule has 0 spiro atoms. The molecule has 7 heteroatoms. The number of nitrogens with zero attached hydrogens (tertiary/aromatic N) is 1. The fraction of sp³-hybridized carbons (Fsp3) is 0.120. The van der Waals surface area contributed by atoms with Gasteiger partial charge in [0.1, 0.15) is 11.6 Å². The van der Waals surface area contributed by atoms with Crippen LogP contribution in [0.4, 0.5) is 20.6 Å². The molecule has 32 heavy (non-hydrogen) atoms. The van der Waals surface area contributed by atoms with Gasteiger partial charge in [0.25, 0.3) is 0 Å². The molecule has 4 rings (SSSR count). The Morgan fingerprint density at radius 2 is 1.81 bits per heavy atom. The van der Waals surface area contributed by atoms with Crippen molar-refractivity contribution < 1.29 is 13.9 Å². The number of pyridine rings is 1. The van der Waals surface area contributed by atoms with E-state index in [0.29, 0.717) is 40.0 Å². The van der Waals surface area contributed by atoms with Crippen LogP contribution in [0.5, 0.6) is 5.75 Å². The normalized spacial score (nSPS) is 10.8. The van der Waals surface area contributed by atoms with E-state index in [9.17, 15) is 9.18 Å². The fourth-order valence-electron chi connectivity index (χ4n) is 3.33. The molecule has 2 amide bonds. The van der Waals surface area contributed by atoms with Crippen LogP contribution in [-0.4, -0.2) is 17.6 Å². The van der Waals surface area contributed by atoms with Gasteiger partial charge in [-0.25, -0.2) is 14.2 Å². The van der Waals surface area contributed by atoms with Crippen molar-refractivity contribution in [2.45, 2.75) is 13.8 Å². The number of urea groups is 1. The molecule has 3 aromatic carbocycles. The van der Waals surface area contributed by atoms with Gasteiger partial charge >= 0.3 is 6.03 Å². The average molecular weight is 450 g/mol. The number of anilines is 2. The van der Waals surface area contributed by atoms with E-state index < -0.39 is 0 Å². The second-order valence-electron chi connectivity index (χ2n) is 7.22. The van der Waals surface area contributed by atoms with Crippen molar-refractivity contribution >= 4 is 39.9 Å². The minimum Gasteiger partial charge on any atom is -0.493 e. The quantitative estimate of drug-likeness (QED) is 0.343. The zero-order chi connectivity index (χ0) is 22.7. The molecule has 1 heterocycles. The molecule has 2 N–H and O–H groups in total. The number of aryl methyl sites for hydroxylation is 1. The second kappa shape index (κ2) is 9.24. The van der Waals surface area contributed by atoms with Crippen LogP contribution in [0, 0.1) is 12.7 Å². The Balaban J connectivity index is 1.63. The molecule has 5 nitrogen and oxygen atoms in total. The van der Waals surface area contributed by atoms with E-state index >= 15 is 0 Å². The van der Waals surface area contributed by atoms with Crippen molar-refractivity contribution in [3.8, 4) is 17.0 Å². The first-order chi connectivity index (χ1) is 15.4. The molecule has 0 aliphatic rings. The summed E-state index contributed by atoms with van der Waals surface area (Å²) >= 11 is 6.03. The summed E-state index contributed by atoms with van der Waals surface area (Å²) in [5, 5.41) is 6.94. The third-order valence-corrected chi connectivity index (χ3v) is 5.15. The van der Waals surface area contributed by atoms with Gasteiger partial charge in [-0.05, 0) is 74.0 Å². The minimum atomic E-state index is -0.386. The minimum absolute atomic E-state index is 0.304. The van der Waals surface area contributed by atoms with E-state index in [1.165, 1.54) is 12.1 Å². The zero-order valence-corrected chi connectivity index (χ0v) is 18.3. The molecule has 0 atom stereocenters. The summed E-state index contributed by atoms with van der Waals surface area (Å²) in [4.78, 5) is 17.2. The fourth-order valence-corrected chi connectivity index (χ4v) is 3.50. The van der Waals surface area contributed by atoms with Crippen LogP contribution in [0.15, 0.2) is 66.7 Å². The Hall–Kier alpha value is -3.64. The first-order valence-corrected chi connectivity index (χ1v) is 10.5. The summed E-state index contributed by atoms with van der Waals surface area (Å²) in [5.41, 5.74) is 4.29. The van der Waals surface area contributed by atoms with E-state index in [2.05, 4.69) is 15.6 Å². The molecule has 4 aromatic rings. The monoisotopic (exact) mass is 449 g/mol. The van der Waals surface area contributed by atoms with Gasteiger partial charge in [-0.15, -0.1) is 0 Å². The van der Waals surface area contributed by atoms with Crippen LogP contribution in [0.2, 0.25) is 5.02 Å². The maximum absolute atomic E-state index is 13.3. The van der Waals surface area contributed by atoms with Gasteiger partial charge in [-0.2, -0.15) is 0 Å². The topological polar surface area (TPSA) is 63.2 Å². The van der Waals surface area contributed by atoms with E-state index in [-0.39, 0.29) is 11.8 Å². The Bertz CT molecular complexity index is 1290. The number of rotatable bonds is 5. The largest absolute Gasteiger partial charge is 0.493 e. The maximum Gasteiger partial charge on any atom is 0.323 e. The summed E-state index contributed by atoms with van der Waals surface area (Å²) in [5.74, 6) is 0.327. The highest BCUT2D eigenvalue weighted by atomic mass is 35.5. The van der Waals surface area contributed by atoms with Crippen molar-refractivity contribution in [2.75, 3.05) is 17.2 Å². The smallest absolute Gasteiger partial charge is 0.323 e. The predicted molar refractivity (Wildman–Crippen MR) is 127 cm³/mol. The molecule has 0 aliphatic heterocycles.